The minimum absolute atomic E-state index is 0.384. The van der Waals surface area contributed by atoms with Crippen molar-refractivity contribution in [2.45, 2.75) is 0 Å². The number of ether oxygens (including phenoxy) is 3. The van der Waals surface area contributed by atoms with E-state index >= 15 is 0 Å². The Morgan fingerprint density at radius 1 is 1.24 bits per heavy atom. The molecule has 8 heteroatoms. The summed E-state index contributed by atoms with van der Waals surface area (Å²) in [5, 5.41) is 9.22. The van der Waals surface area contributed by atoms with Crippen molar-refractivity contribution in [3.8, 4) is 17.2 Å². The summed E-state index contributed by atoms with van der Waals surface area (Å²) in [6, 6.07) is 8.75. The van der Waals surface area contributed by atoms with Crippen LogP contribution in [-0.4, -0.2) is 38.1 Å². The van der Waals surface area contributed by atoms with Crippen LogP contribution >= 0.6 is 34.2 Å². The molecule has 0 bridgehead atoms. The molecule has 0 saturated heterocycles. The van der Waals surface area contributed by atoms with Gasteiger partial charge in [-0.05, 0) is 58.5 Å². The molecule has 132 valence electrons. The molecule has 0 aliphatic carbocycles. The molecule has 6 nitrogen and oxygen atoms in total. The lowest BCUT2D eigenvalue weighted by molar-refractivity contribution is -0.139. The zero-order chi connectivity index (χ0) is 18.4. The molecule has 0 aliphatic heterocycles. The number of aliphatic imine (C=N–C) groups is 1. The van der Waals surface area contributed by atoms with Gasteiger partial charge in [0.05, 0.1) is 28.5 Å². The molecule has 0 aliphatic rings. The Bertz CT molecular complexity index is 810. The highest BCUT2D eigenvalue weighted by Crippen LogP contribution is 2.34. The van der Waals surface area contributed by atoms with Gasteiger partial charge < -0.3 is 19.3 Å². The quantitative estimate of drug-likeness (QED) is 0.480. The van der Waals surface area contributed by atoms with E-state index in [1.165, 1.54) is 7.11 Å². The average Bonchev–Trinajstić information content (AvgIpc) is 2.58. The first-order valence-electron chi connectivity index (χ1n) is 7.04. The number of rotatable bonds is 7. The van der Waals surface area contributed by atoms with Crippen LogP contribution in [-0.2, 0) is 4.79 Å². The van der Waals surface area contributed by atoms with Gasteiger partial charge >= 0.3 is 5.97 Å². The predicted molar refractivity (Wildman–Crippen MR) is 104 cm³/mol. The first kappa shape index (κ1) is 19.3. The van der Waals surface area contributed by atoms with E-state index in [4.69, 9.17) is 30.9 Å². The van der Waals surface area contributed by atoms with Crippen molar-refractivity contribution in [3.05, 3.63) is 44.5 Å². The SMILES string of the molecule is COc1ccc(N=Cc2cc(I)c(OCC(=O)O)c(OC)c2)cc1Cl. The molecular weight excluding hydrogens is 461 g/mol. The number of carbonyl (C=O) groups is 1. The Labute approximate surface area is 163 Å². The van der Waals surface area contributed by atoms with Gasteiger partial charge in [0.1, 0.15) is 5.75 Å². The number of halogens is 2. The summed E-state index contributed by atoms with van der Waals surface area (Å²) >= 11 is 8.13. The lowest BCUT2D eigenvalue weighted by Crippen LogP contribution is -2.11. The number of hydrogen-bond donors (Lipinski definition) is 1. The highest BCUT2D eigenvalue weighted by molar-refractivity contribution is 14.1. The molecule has 0 unspecified atom stereocenters. The van der Waals surface area contributed by atoms with Crippen LogP contribution < -0.4 is 14.2 Å². The maximum atomic E-state index is 10.7. The molecule has 0 saturated carbocycles. The van der Waals surface area contributed by atoms with Gasteiger partial charge in [0.15, 0.2) is 18.1 Å². The van der Waals surface area contributed by atoms with Gasteiger partial charge in [-0.3, -0.25) is 4.99 Å². The maximum absolute atomic E-state index is 10.7. The van der Waals surface area contributed by atoms with E-state index in [0.29, 0.717) is 31.5 Å². The molecular formula is C17H15ClINO5. The van der Waals surface area contributed by atoms with Crippen LogP contribution in [0.2, 0.25) is 5.02 Å². The smallest absolute Gasteiger partial charge is 0.341 e. The molecule has 0 amide bonds. The maximum Gasteiger partial charge on any atom is 0.341 e. The van der Waals surface area contributed by atoms with Crippen LogP contribution in [0.4, 0.5) is 5.69 Å². The van der Waals surface area contributed by atoms with Gasteiger partial charge in [-0.1, -0.05) is 11.6 Å². The molecule has 25 heavy (non-hydrogen) atoms. The third-order valence-electron chi connectivity index (χ3n) is 3.09. The zero-order valence-electron chi connectivity index (χ0n) is 13.5. The lowest BCUT2D eigenvalue weighted by Gasteiger charge is -2.12. The van der Waals surface area contributed by atoms with E-state index in [0.717, 1.165) is 5.56 Å². The molecule has 2 aromatic rings. The van der Waals surface area contributed by atoms with Crippen LogP contribution in [0, 0.1) is 3.57 Å². The third-order valence-corrected chi connectivity index (χ3v) is 4.19. The zero-order valence-corrected chi connectivity index (χ0v) is 16.4. The highest BCUT2D eigenvalue weighted by atomic mass is 127. The summed E-state index contributed by atoms with van der Waals surface area (Å²) in [5.41, 5.74) is 1.45. The van der Waals surface area contributed by atoms with Crippen molar-refractivity contribution in [1.82, 2.24) is 0 Å². The van der Waals surface area contributed by atoms with E-state index in [-0.39, 0.29) is 0 Å². The van der Waals surface area contributed by atoms with Gasteiger partial charge in [-0.2, -0.15) is 0 Å². The Hall–Kier alpha value is -2.00. The Morgan fingerprint density at radius 3 is 2.56 bits per heavy atom. The topological polar surface area (TPSA) is 77.4 Å². The molecule has 0 radical (unpaired) electrons. The van der Waals surface area contributed by atoms with E-state index in [9.17, 15) is 4.79 Å². The second-order valence-corrected chi connectivity index (χ2v) is 6.36. The van der Waals surface area contributed by atoms with Crippen molar-refractivity contribution in [2.24, 2.45) is 4.99 Å². The second kappa shape index (κ2) is 8.91. The van der Waals surface area contributed by atoms with Crippen molar-refractivity contribution in [3.63, 3.8) is 0 Å². The molecule has 2 rings (SSSR count). The summed E-state index contributed by atoms with van der Waals surface area (Å²) in [5.74, 6) is 0.342. The standard InChI is InChI=1S/C17H15ClINO5/c1-23-14-4-3-11(7-12(14)18)20-8-10-5-13(19)17(15(6-10)24-2)25-9-16(21)22/h3-8H,9H2,1-2H3,(H,21,22). The number of aliphatic carboxylic acids is 1. The van der Waals surface area contributed by atoms with Gasteiger partial charge in [0.25, 0.3) is 0 Å². The summed E-state index contributed by atoms with van der Waals surface area (Å²) in [4.78, 5) is 15.0. The van der Waals surface area contributed by atoms with Gasteiger partial charge in [0.2, 0.25) is 0 Å². The van der Waals surface area contributed by atoms with E-state index < -0.39 is 12.6 Å². The number of methoxy groups -OCH3 is 2. The minimum Gasteiger partial charge on any atom is -0.495 e. The number of benzene rings is 2. The summed E-state index contributed by atoms with van der Waals surface area (Å²) in [6.07, 6.45) is 1.66. The fraction of sp³-hybridized carbons (Fsp3) is 0.176. The summed E-state index contributed by atoms with van der Waals surface area (Å²) in [6.45, 7) is -0.440. The van der Waals surface area contributed by atoms with Crippen LogP contribution in [0.3, 0.4) is 0 Å². The molecule has 2 aromatic carbocycles. The van der Waals surface area contributed by atoms with Crippen molar-refractivity contribution >= 4 is 52.1 Å². The number of nitrogens with zero attached hydrogens (tertiary/aromatic N) is 1. The molecule has 0 aromatic heterocycles. The largest absolute Gasteiger partial charge is 0.495 e. The fourth-order valence-corrected chi connectivity index (χ4v) is 3.01. The normalized spacial score (nSPS) is 10.7. The summed E-state index contributed by atoms with van der Waals surface area (Å²) < 4.78 is 16.4. The molecule has 0 atom stereocenters. The van der Waals surface area contributed by atoms with E-state index in [2.05, 4.69) is 27.6 Å². The lowest BCUT2D eigenvalue weighted by atomic mass is 10.2. The number of carboxylic acids is 1. The molecule has 0 fully saturated rings. The summed E-state index contributed by atoms with van der Waals surface area (Å²) in [7, 11) is 3.04. The Balaban J connectivity index is 2.26. The Kier molecular flexibility index (Phi) is 6.89. The van der Waals surface area contributed by atoms with Crippen LogP contribution in [0.15, 0.2) is 35.3 Å². The predicted octanol–water partition coefficient (Wildman–Crippen LogP) is 4.18. The van der Waals surface area contributed by atoms with Gasteiger partial charge in [0, 0.05) is 6.21 Å². The number of hydrogen-bond acceptors (Lipinski definition) is 5. The van der Waals surface area contributed by atoms with Crippen molar-refractivity contribution in [1.29, 1.82) is 0 Å². The average molecular weight is 476 g/mol. The molecule has 0 spiro atoms. The first-order chi connectivity index (χ1) is 11.9. The molecule has 1 N–H and O–H groups in total. The van der Waals surface area contributed by atoms with Crippen LogP contribution in [0.25, 0.3) is 0 Å². The third kappa shape index (κ3) is 5.23. The van der Waals surface area contributed by atoms with Crippen LogP contribution in [0.5, 0.6) is 17.2 Å². The van der Waals surface area contributed by atoms with Crippen LogP contribution in [0.1, 0.15) is 5.56 Å². The monoisotopic (exact) mass is 475 g/mol. The molecule has 0 heterocycles. The minimum atomic E-state index is -1.06. The second-order valence-electron chi connectivity index (χ2n) is 4.79. The van der Waals surface area contributed by atoms with E-state index in [1.807, 2.05) is 6.07 Å². The Morgan fingerprint density at radius 2 is 1.96 bits per heavy atom. The van der Waals surface area contributed by atoms with Gasteiger partial charge in [-0.15, -0.1) is 0 Å². The fourth-order valence-electron chi connectivity index (χ4n) is 1.97. The van der Waals surface area contributed by atoms with E-state index in [1.54, 1.807) is 37.6 Å². The van der Waals surface area contributed by atoms with Crippen molar-refractivity contribution < 1.29 is 24.1 Å². The first-order valence-corrected chi connectivity index (χ1v) is 8.50. The number of carboxylic acid groups (broad SMARTS) is 1. The van der Waals surface area contributed by atoms with Crippen molar-refractivity contribution in [2.75, 3.05) is 20.8 Å². The highest BCUT2D eigenvalue weighted by Gasteiger charge is 2.12. The van der Waals surface area contributed by atoms with Gasteiger partial charge in [-0.25, -0.2) is 4.79 Å².